The Morgan fingerprint density at radius 1 is 1.17 bits per heavy atom. The number of urea groups is 1. The van der Waals surface area contributed by atoms with Crippen LogP contribution in [0.4, 0.5) is 10.6 Å². The van der Waals surface area contributed by atoms with Gasteiger partial charge in [-0.05, 0) is 24.3 Å². The van der Waals surface area contributed by atoms with Crippen LogP contribution in [0.2, 0.25) is 10.0 Å². The summed E-state index contributed by atoms with van der Waals surface area (Å²) in [5, 5.41) is 3.46. The summed E-state index contributed by atoms with van der Waals surface area (Å²) in [5.74, 6) is 0.365. The zero-order chi connectivity index (χ0) is 16.4. The van der Waals surface area contributed by atoms with E-state index in [1.54, 1.807) is 24.3 Å². The molecule has 118 valence electrons. The van der Waals surface area contributed by atoms with Crippen LogP contribution in [0, 0.1) is 0 Å². The molecule has 1 aliphatic rings. The van der Waals surface area contributed by atoms with E-state index in [1.165, 1.54) is 12.3 Å². The maximum absolute atomic E-state index is 11.6. The third-order valence-corrected chi connectivity index (χ3v) is 3.95. The van der Waals surface area contributed by atoms with Crippen LogP contribution < -0.4 is 15.0 Å². The number of rotatable bonds is 4. The lowest BCUT2D eigenvalue weighted by Crippen LogP contribution is -2.31. The van der Waals surface area contributed by atoms with E-state index < -0.39 is 6.03 Å². The Balaban J connectivity index is 1.71. The molecule has 0 unspecified atom stereocenters. The van der Waals surface area contributed by atoms with E-state index in [1.807, 2.05) is 0 Å². The topological polar surface area (TPSA) is 71.5 Å². The molecule has 0 spiro atoms. The molecule has 2 aromatic rings. The highest BCUT2D eigenvalue weighted by molar-refractivity contribution is 6.35. The van der Waals surface area contributed by atoms with E-state index in [9.17, 15) is 9.59 Å². The van der Waals surface area contributed by atoms with E-state index in [0.29, 0.717) is 21.4 Å². The number of pyridine rings is 1. The van der Waals surface area contributed by atoms with Gasteiger partial charge in [0.05, 0.1) is 12.7 Å². The summed E-state index contributed by atoms with van der Waals surface area (Å²) in [5.41, 5.74) is 0.675. The molecule has 1 saturated heterocycles. The second kappa shape index (κ2) is 6.44. The number of benzene rings is 1. The van der Waals surface area contributed by atoms with E-state index in [4.69, 9.17) is 27.9 Å². The molecule has 0 aliphatic carbocycles. The number of carbonyl (C=O) groups excluding carboxylic acids is 2. The molecule has 3 rings (SSSR count). The second-order valence-electron chi connectivity index (χ2n) is 4.73. The van der Waals surface area contributed by atoms with Gasteiger partial charge in [0.2, 0.25) is 0 Å². The first-order valence-electron chi connectivity index (χ1n) is 6.69. The quantitative estimate of drug-likeness (QED) is 0.859. The molecule has 1 aromatic carbocycles. The maximum atomic E-state index is 11.6. The highest BCUT2D eigenvalue weighted by atomic mass is 35.5. The van der Waals surface area contributed by atoms with E-state index in [0.717, 1.165) is 4.90 Å². The number of halogens is 2. The van der Waals surface area contributed by atoms with Crippen LogP contribution in [0.25, 0.3) is 0 Å². The van der Waals surface area contributed by atoms with Gasteiger partial charge in [-0.3, -0.25) is 4.79 Å². The number of hydrogen-bond donors (Lipinski definition) is 1. The van der Waals surface area contributed by atoms with Crippen molar-refractivity contribution < 1.29 is 14.3 Å². The van der Waals surface area contributed by atoms with Crippen LogP contribution in [-0.2, 0) is 11.4 Å². The standard InChI is InChI=1S/C15H11Cl2N3O3/c16-11-2-1-3-12(17)10(11)8-23-9-4-5-13(18-6-9)20-14(21)7-19-15(20)22/h1-6H,7-8H2,(H,19,22). The molecule has 3 amide bonds. The maximum Gasteiger partial charge on any atom is 0.330 e. The third kappa shape index (κ3) is 3.23. The largest absolute Gasteiger partial charge is 0.487 e. The number of ether oxygens (including phenoxy) is 1. The van der Waals surface area contributed by atoms with Crippen molar-refractivity contribution in [2.75, 3.05) is 11.4 Å². The fraction of sp³-hybridized carbons (Fsp3) is 0.133. The molecule has 23 heavy (non-hydrogen) atoms. The zero-order valence-corrected chi connectivity index (χ0v) is 13.3. The SMILES string of the molecule is O=C1CNC(=O)N1c1ccc(OCc2c(Cl)cccc2Cl)cn1. The van der Waals surface area contributed by atoms with Gasteiger partial charge in [0.25, 0.3) is 5.91 Å². The number of hydrogen-bond acceptors (Lipinski definition) is 4. The molecule has 0 bridgehead atoms. The molecular formula is C15H11Cl2N3O3. The van der Waals surface area contributed by atoms with Crippen LogP contribution in [0.1, 0.15) is 5.56 Å². The normalized spacial score (nSPS) is 14.1. The van der Waals surface area contributed by atoms with Crippen LogP contribution in [-0.4, -0.2) is 23.5 Å². The number of imide groups is 1. The molecule has 1 fully saturated rings. The number of anilines is 1. The van der Waals surface area contributed by atoms with Gasteiger partial charge in [0.1, 0.15) is 18.2 Å². The first-order valence-corrected chi connectivity index (χ1v) is 7.44. The van der Waals surface area contributed by atoms with Crippen LogP contribution in [0.15, 0.2) is 36.5 Å². The van der Waals surface area contributed by atoms with Gasteiger partial charge in [-0.25, -0.2) is 14.7 Å². The lowest BCUT2D eigenvalue weighted by molar-refractivity contribution is -0.115. The predicted octanol–water partition coefficient (Wildman–Crippen LogP) is 3.02. The smallest absolute Gasteiger partial charge is 0.330 e. The number of nitrogens with zero attached hydrogens (tertiary/aromatic N) is 2. The average Bonchev–Trinajstić information content (AvgIpc) is 2.87. The van der Waals surface area contributed by atoms with E-state index in [2.05, 4.69) is 10.3 Å². The molecular weight excluding hydrogens is 341 g/mol. The molecule has 2 heterocycles. The van der Waals surface area contributed by atoms with Crippen molar-refractivity contribution in [2.45, 2.75) is 6.61 Å². The molecule has 0 radical (unpaired) electrons. The van der Waals surface area contributed by atoms with Crippen molar-refractivity contribution in [3.63, 3.8) is 0 Å². The van der Waals surface area contributed by atoms with Crippen molar-refractivity contribution >= 4 is 41.0 Å². The monoisotopic (exact) mass is 351 g/mol. The summed E-state index contributed by atoms with van der Waals surface area (Å²) >= 11 is 12.1. The number of nitrogens with one attached hydrogen (secondary N) is 1. The molecule has 0 saturated carbocycles. The van der Waals surface area contributed by atoms with Gasteiger partial charge in [-0.1, -0.05) is 29.3 Å². The Morgan fingerprint density at radius 3 is 2.48 bits per heavy atom. The van der Waals surface area contributed by atoms with Crippen LogP contribution in [0.5, 0.6) is 5.75 Å². The van der Waals surface area contributed by atoms with E-state index in [-0.39, 0.29) is 24.9 Å². The minimum absolute atomic E-state index is 0.0240. The zero-order valence-electron chi connectivity index (χ0n) is 11.8. The van der Waals surface area contributed by atoms with Gasteiger partial charge in [0, 0.05) is 15.6 Å². The van der Waals surface area contributed by atoms with Gasteiger partial charge in [0.15, 0.2) is 0 Å². The van der Waals surface area contributed by atoms with Crippen molar-refractivity contribution in [1.82, 2.24) is 10.3 Å². The van der Waals surface area contributed by atoms with Gasteiger partial charge >= 0.3 is 6.03 Å². The highest BCUT2D eigenvalue weighted by Crippen LogP contribution is 2.26. The van der Waals surface area contributed by atoms with Gasteiger partial charge in [-0.15, -0.1) is 0 Å². The van der Waals surface area contributed by atoms with Crippen LogP contribution in [0.3, 0.4) is 0 Å². The average molecular weight is 352 g/mol. The molecule has 6 nitrogen and oxygen atoms in total. The number of amides is 3. The minimum Gasteiger partial charge on any atom is -0.487 e. The Morgan fingerprint density at radius 2 is 1.91 bits per heavy atom. The Hall–Kier alpha value is -2.31. The predicted molar refractivity (Wildman–Crippen MR) is 85.9 cm³/mol. The van der Waals surface area contributed by atoms with Crippen molar-refractivity contribution in [1.29, 1.82) is 0 Å². The molecule has 0 atom stereocenters. The van der Waals surface area contributed by atoms with Crippen molar-refractivity contribution in [3.8, 4) is 5.75 Å². The van der Waals surface area contributed by atoms with Gasteiger partial charge in [-0.2, -0.15) is 0 Å². The second-order valence-corrected chi connectivity index (χ2v) is 5.54. The fourth-order valence-corrected chi connectivity index (χ4v) is 2.58. The minimum atomic E-state index is -0.487. The molecule has 1 aliphatic heterocycles. The van der Waals surface area contributed by atoms with Crippen molar-refractivity contribution in [2.24, 2.45) is 0 Å². The van der Waals surface area contributed by atoms with Gasteiger partial charge < -0.3 is 10.1 Å². The summed E-state index contributed by atoms with van der Waals surface area (Å²) < 4.78 is 5.59. The molecule has 1 aromatic heterocycles. The molecule has 8 heteroatoms. The summed E-state index contributed by atoms with van der Waals surface area (Å²) in [6, 6.07) is 7.87. The van der Waals surface area contributed by atoms with Crippen LogP contribution >= 0.6 is 23.2 Å². The highest BCUT2D eigenvalue weighted by Gasteiger charge is 2.30. The fourth-order valence-electron chi connectivity index (χ4n) is 2.07. The van der Waals surface area contributed by atoms with E-state index >= 15 is 0 Å². The Bertz CT molecular complexity index is 729. The third-order valence-electron chi connectivity index (χ3n) is 3.24. The summed E-state index contributed by atoms with van der Waals surface area (Å²) in [6.07, 6.45) is 1.43. The summed E-state index contributed by atoms with van der Waals surface area (Å²) in [4.78, 5) is 28.2. The summed E-state index contributed by atoms with van der Waals surface area (Å²) in [7, 11) is 0. The Labute approximate surface area is 142 Å². The summed E-state index contributed by atoms with van der Waals surface area (Å²) in [6.45, 7) is 0.159. The van der Waals surface area contributed by atoms with Crippen molar-refractivity contribution in [3.05, 3.63) is 52.1 Å². The first kappa shape index (κ1) is 15.6. The number of carbonyl (C=O) groups is 2. The first-order chi connectivity index (χ1) is 11.1. The Kier molecular flexibility index (Phi) is 4.36. The lowest BCUT2D eigenvalue weighted by Gasteiger charge is -2.12. The lowest BCUT2D eigenvalue weighted by atomic mass is 10.2. The number of aromatic nitrogens is 1. The molecule has 1 N–H and O–H groups in total.